The minimum atomic E-state index is 0.938. The van der Waals surface area contributed by atoms with Gasteiger partial charge in [-0.05, 0) is 23.8 Å². The van der Waals surface area contributed by atoms with Crippen LogP contribution in [0.15, 0.2) is 41.3 Å². The average molecular weight is 173 g/mol. The molecule has 0 aliphatic heterocycles. The van der Waals surface area contributed by atoms with Crippen molar-refractivity contribution >= 4 is 23.4 Å². The molecule has 0 aliphatic carbocycles. The van der Waals surface area contributed by atoms with Gasteiger partial charge in [0, 0.05) is 4.90 Å². The standard InChI is InChI=1S/C11H9S/c1-8-5-6-10-9(7-8)3-2-4-11(10)12/h2-7H,1H3. The molecular formula is C11H9S. The number of benzene rings is 2. The van der Waals surface area contributed by atoms with Crippen molar-refractivity contribution in [3.63, 3.8) is 0 Å². The second kappa shape index (κ2) is 2.76. The van der Waals surface area contributed by atoms with Crippen LogP contribution in [0.25, 0.3) is 10.8 Å². The zero-order chi connectivity index (χ0) is 8.55. The summed E-state index contributed by atoms with van der Waals surface area (Å²) in [7, 11) is 0. The molecule has 0 saturated carbocycles. The van der Waals surface area contributed by atoms with E-state index in [1.807, 2.05) is 12.1 Å². The quantitative estimate of drug-likeness (QED) is 0.569. The minimum absolute atomic E-state index is 0.938. The monoisotopic (exact) mass is 173 g/mol. The van der Waals surface area contributed by atoms with Gasteiger partial charge in [0.05, 0.1) is 0 Å². The van der Waals surface area contributed by atoms with Gasteiger partial charge in [-0.2, -0.15) is 0 Å². The molecule has 0 heterocycles. The topological polar surface area (TPSA) is 0 Å². The fourth-order valence-corrected chi connectivity index (χ4v) is 1.64. The molecule has 0 saturated heterocycles. The van der Waals surface area contributed by atoms with Crippen LogP contribution in [0.1, 0.15) is 5.56 Å². The van der Waals surface area contributed by atoms with Crippen molar-refractivity contribution in [1.82, 2.24) is 0 Å². The third-order valence-corrected chi connectivity index (χ3v) is 2.35. The molecule has 1 radical (unpaired) electrons. The summed E-state index contributed by atoms with van der Waals surface area (Å²) >= 11 is 5.20. The zero-order valence-electron chi connectivity index (χ0n) is 6.87. The van der Waals surface area contributed by atoms with Crippen molar-refractivity contribution in [1.29, 1.82) is 0 Å². The number of fused-ring (bicyclic) bond motifs is 1. The van der Waals surface area contributed by atoms with E-state index in [2.05, 4.69) is 31.2 Å². The van der Waals surface area contributed by atoms with Crippen LogP contribution in [-0.4, -0.2) is 0 Å². The summed E-state index contributed by atoms with van der Waals surface area (Å²) in [6.45, 7) is 2.09. The highest BCUT2D eigenvalue weighted by atomic mass is 32.1. The maximum atomic E-state index is 5.20. The molecule has 1 heteroatoms. The van der Waals surface area contributed by atoms with Crippen LogP contribution in [0.2, 0.25) is 0 Å². The molecule has 2 aromatic carbocycles. The van der Waals surface area contributed by atoms with Crippen LogP contribution in [0.5, 0.6) is 0 Å². The molecule has 12 heavy (non-hydrogen) atoms. The Bertz CT molecular complexity index is 418. The molecule has 0 bridgehead atoms. The summed E-state index contributed by atoms with van der Waals surface area (Å²) in [6, 6.07) is 12.4. The van der Waals surface area contributed by atoms with Gasteiger partial charge in [-0.3, -0.25) is 0 Å². The maximum Gasteiger partial charge on any atom is 0.0455 e. The number of rotatable bonds is 0. The largest absolute Gasteiger partial charge is 0.0794 e. The van der Waals surface area contributed by atoms with E-state index >= 15 is 0 Å². The van der Waals surface area contributed by atoms with Crippen molar-refractivity contribution in [3.05, 3.63) is 42.0 Å². The fraction of sp³-hybridized carbons (Fsp3) is 0.0909. The normalized spacial score (nSPS) is 10.4. The number of hydrogen-bond acceptors (Lipinski definition) is 0. The van der Waals surface area contributed by atoms with Gasteiger partial charge in [-0.1, -0.05) is 48.5 Å². The van der Waals surface area contributed by atoms with Gasteiger partial charge < -0.3 is 0 Å². The SMILES string of the molecule is Cc1ccc2c([S])cccc2c1. The van der Waals surface area contributed by atoms with E-state index < -0.39 is 0 Å². The van der Waals surface area contributed by atoms with E-state index in [0.717, 1.165) is 4.90 Å². The molecule has 0 fully saturated rings. The first-order chi connectivity index (χ1) is 5.77. The van der Waals surface area contributed by atoms with Crippen LogP contribution in [-0.2, 0) is 0 Å². The molecule has 0 unspecified atom stereocenters. The van der Waals surface area contributed by atoms with Gasteiger partial charge in [0.1, 0.15) is 0 Å². The smallest absolute Gasteiger partial charge is 0.0455 e. The van der Waals surface area contributed by atoms with Gasteiger partial charge in [0.2, 0.25) is 0 Å². The van der Waals surface area contributed by atoms with E-state index in [1.165, 1.54) is 16.3 Å². The van der Waals surface area contributed by atoms with Crippen LogP contribution in [0.4, 0.5) is 0 Å². The van der Waals surface area contributed by atoms with Crippen molar-refractivity contribution < 1.29 is 0 Å². The lowest BCUT2D eigenvalue weighted by atomic mass is 10.1. The second-order valence-electron chi connectivity index (χ2n) is 2.98. The van der Waals surface area contributed by atoms with Crippen LogP contribution < -0.4 is 0 Å². The molecule has 0 aliphatic rings. The van der Waals surface area contributed by atoms with Crippen molar-refractivity contribution in [2.75, 3.05) is 0 Å². The summed E-state index contributed by atoms with van der Waals surface area (Å²) in [4.78, 5) is 0.938. The first-order valence-electron chi connectivity index (χ1n) is 3.94. The molecule has 0 N–H and O–H groups in total. The van der Waals surface area contributed by atoms with Gasteiger partial charge in [0.25, 0.3) is 0 Å². The molecule has 59 valence electrons. The third kappa shape index (κ3) is 1.16. The highest BCUT2D eigenvalue weighted by molar-refractivity contribution is 7.80. The Kier molecular flexibility index (Phi) is 1.74. The summed E-state index contributed by atoms with van der Waals surface area (Å²) in [5.74, 6) is 0. The Balaban J connectivity index is 2.86. The van der Waals surface area contributed by atoms with Crippen LogP contribution in [0.3, 0.4) is 0 Å². The Morgan fingerprint density at radius 2 is 1.92 bits per heavy atom. The highest BCUT2D eigenvalue weighted by Crippen LogP contribution is 2.22. The van der Waals surface area contributed by atoms with Gasteiger partial charge in [-0.25, -0.2) is 0 Å². The Labute approximate surface area is 77.6 Å². The summed E-state index contributed by atoms with van der Waals surface area (Å²) in [5.41, 5.74) is 1.28. The fourth-order valence-electron chi connectivity index (χ4n) is 1.37. The Morgan fingerprint density at radius 3 is 2.75 bits per heavy atom. The number of hydrogen-bond donors (Lipinski definition) is 0. The van der Waals surface area contributed by atoms with E-state index in [9.17, 15) is 0 Å². The van der Waals surface area contributed by atoms with E-state index in [4.69, 9.17) is 12.6 Å². The molecule has 2 aromatic rings. The van der Waals surface area contributed by atoms with E-state index in [-0.39, 0.29) is 0 Å². The molecule has 0 spiro atoms. The first-order valence-corrected chi connectivity index (χ1v) is 4.34. The minimum Gasteiger partial charge on any atom is -0.0794 e. The van der Waals surface area contributed by atoms with Crippen molar-refractivity contribution in [2.45, 2.75) is 11.8 Å². The molecule has 0 aromatic heterocycles. The Morgan fingerprint density at radius 1 is 1.08 bits per heavy atom. The van der Waals surface area contributed by atoms with Gasteiger partial charge in [-0.15, -0.1) is 0 Å². The van der Waals surface area contributed by atoms with Crippen LogP contribution in [0, 0.1) is 6.92 Å². The predicted molar refractivity (Wildman–Crippen MR) is 54.5 cm³/mol. The van der Waals surface area contributed by atoms with E-state index in [1.54, 1.807) is 0 Å². The lowest BCUT2D eigenvalue weighted by Crippen LogP contribution is -1.76. The third-order valence-electron chi connectivity index (χ3n) is 2.00. The second-order valence-corrected chi connectivity index (χ2v) is 3.42. The molecule has 0 amide bonds. The lowest BCUT2D eigenvalue weighted by Gasteiger charge is -2.00. The molecule has 2 rings (SSSR count). The number of aryl methyl sites for hydroxylation is 1. The van der Waals surface area contributed by atoms with Crippen LogP contribution >= 0.6 is 12.6 Å². The molecule has 0 nitrogen and oxygen atoms in total. The average Bonchev–Trinajstić information content (AvgIpc) is 2.04. The molecular weight excluding hydrogens is 164 g/mol. The predicted octanol–water partition coefficient (Wildman–Crippen LogP) is 3.70. The van der Waals surface area contributed by atoms with E-state index in [0.29, 0.717) is 0 Å². The van der Waals surface area contributed by atoms with Crippen molar-refractivity contribution in [2.24, 2.45) is 0 Å². The van der Waals surface area contributed by atoms with Gasteiger partial charge >= 0.3 is 0 Å². The summed E-state index contributed by atoms with van der Waals surface area (Å²) in [6.07, 6.45) is 0. The highest BCUT2D eigenvalue weighted by Gasteiger charge is 1.96. The summed E-state index contributed by atoms with van der Waals surface area (Å²) in [5, 5.41) is 2.42. The summed E-state index contributed by atoms with van der Waals surface area (Å²) < 4.78 is 0. The van der Waals surface area contributed by atoms with Crippen molar-refractivity contribution in [3.8, 4) is 0 Å². The van der Waals surface area contributed by atoms with Gasteiger partial charge in [0.15, 0.2) is 0 Å². The lowest BCUT2D eigenvalue weighted by molar-refractivity contribution is 1.48. The Hall–Kier alpha value is -1.08. The first kappa shape index (κ1) is 7.56. The molecule has 0 atom stereocenters. The zero-order valence-corrected chi connectivity index (χ0v) is 7.69. The maximum absolute atomic E-state index is 5.20.